The summed E-state index contributed by atoms with van der Waals surface area (Å²) in [5, 5.41) is 7.27. The molecule has 3 fully saturated rings. The van der Waals surface area contributed by atoms with Crippen LogP contribution in [0.15, 0.2) is 35.3 Å². The predicted octanol–water partition coefficient (Wildman–Crippen LogP) is 3.42. The molecular weight excluding hydrogens is 435 g/mol. The molecule has 0 radical (unpaired) electrons. The molecule has 0 spiro atoms. The lowest BCUT2D eigenvalue weighted by atomic mass is 9.96. The summed E-state index contributed by atoms with van der Waals surface area (Å²) in [4.78, 5) is 7.14. The van der Waals surface area contributed by atoms with Gasteiger partial charge in [-0.15, -0.1) is 24.0 Å². The standard InChI is InChI=1S/C21H32N4.HI/c1-22-20(24-18-9-13-25(14-10-18)19-7-8-19)23-16-21(11-12-21)15-17-5-3-2-4-6-17;/h2-6,18-19H,7-16H2,1H3,(H2,22,23,24);1H. The molecule has 0 unspecified atom stereocenters. The summed E-state index contributed by atoms with van der Waals surface area (Å²) in [5.74, 6) is 0.990. The van der Waals surface area contributed by atoms with E-state index in [0.717, 1.165) is 18.5 Å². The average molecular weight is 468 g/mol. The Hall–Kier alpha value is -0.820. The van der Waals surface area contributed by atoms with E-state index in [-0.39, 0.29) is 24.0 Å². The highest BCUT2D eigenvalue weighted by Gasteiger charge is 2.42. The van der Waals surface area contributed by atoms with E-state index in [2.05, 4.69) is 50.9 Å². The zero-order valence-electron chi connectivity index (χ0n) is 15.9. The van der Waals surface area contributed by atoms with E-state index in [9.17, 15) is 0 Å². The molecule has 4 rings (SSSR count). The number of piperidine rings is 1. The number of rotatable bonds is 6. The van der Waals surface area contributed by atoms with E-state index in [1.54, 1.807) is 0 Å². The lowest BCUT2D eigenvalue weighted by Gasteiger charge is -2.33. The first-order valence-electron chi connectivity index (χ1n) is 10.0. The third-order valence-corrected chi connectivity index (χ3v) is 6.17. The van der Waals surface area contributed by atoms with Crippen molar-refractivity contribution < 1.29 is 0 Å². The van der Waals surface area contributed by atoms with Gasteiger partial charge < -0.3 is 15.5 Å². The van der Waals surface area contributed by atoms with Crippen molar-refractivity contribution >= 4 is 29.9 Å². The zero-order valence-corrected chi connectivity index (χ0v) is 18.2. The summed E-state index contributed by atoms with van der Waals surface area (Å²) in [5.41, 5.74) is 1.89. The first-order chi connectivity index (χ1) is 12.3. The summed E-state index contributed by atoms with van der Waals surface area (Å²) in [6.45, 7) is 3.52. The van der Waals surface area contributed by atoms with Crippen LogP contribution in [-0.2, 0) is 6.42 Å². The molecule has 2 N–H and O–H groups in total. The number of hydrogen-bond donors (Lipinski definition) is 2. The van der Waals surface area contributed by atoms with E-state index >= 15 is 0 Å². The molecule has 2 aliphatic carbocycles. The van der Waals surface area contributed by atoms with Crippen LogP contribution < -0.4 is 10.6 Å². The fourth-order valence-electron chi connectivity index (χ4n) is 4.13. The van der Waals surface area contributed by atoms with Gasteiger partial charge in [0.05, 0.1) is 0 Å². The lowest BCUT2D eigenvalue weighted by molar-refractivity contribution is 0.197. The highest BCUT2D eigenvalue weighted by molar-refractivity contribution is 14.0. The maximum absolute atomic E-state index is 4.47. The quantitative estimate of drug-likeness (QED) is 0.382. The summed E-state index contributed by atoms with van der Waals surface area (Å²) in [7, 11) is 1.89. The maximum atomic E-state index is 4.47. The van der Waals surface area contributed by atoms with Crippen molar-refractivity contribution in [2.75, 3.05) is 26.7 Å². The van der Waals surface area contributed by atoms with Crippen molar-refractivity contribution in [2.24, 2.45) is 10.4 Å². The Balaban J connectivity index is 0.00000196. The summed E-state index contributed by atoms with van der Waals surface area (Å²) in [6.07, 6.45) is 9.16. The average Bonchev–Trinajstić information content (AvgIpc) is 3.56. The van der Waals surface area contributed by atoms with Gasteiger partial charge in [-0.2, -0.15) is 0 Å². The molecule has 0 amide bonds. The molecule has 1 saturated heterocycles. The minimum Gasteiger partial charge on any atom is -0.356 e. The van der Waals surface area contributed by atoms with Crippen LogP contribution in [0, 0.1) is 5.41 Å². The molecule has 1 heterocycles. The van der Waals surface area contributed by atoms with Crippen LogP contribution in [0.3, 0.4) is 0 Å². The van der Waals surface area contributed by atoms with Gasteiger partial charge in [0.1, 0.15) is 0 Å². The fraction of sp³-hybridized carbons (Fsp3) is 0.667. The van der Waals surface area contributed by atoms with Gasteiger partial charge >= 0.3 is 0 Å². The maximum Gasteiger partial charge on any atom is 0.191 e. The number of aliphatic imine (C=N–C) groups is 1. The van der Waals surface area contributed by atoms with Gasteiger partial charge in [-0.25, -0.2) is 0 Å². The van der Waals surface area contributed by atoms with Crippen molar-refractivity contribution in [3.8, 4) is 0 Å². The third-order valence-electron chi connectivity index (χ3n) is 6.17. The second-order valence-electron chi connectivity index (χ2n) is 8.27. The van der Waals surface area contributed by atoms with E-state index in [0.29, 0.717) is 11.5 Å². The molecule has 1 aromatic rings. The first kappa shape index (κ1) is 19.9. The molecule has 4 nitrogen and oxygen atoms in total. The van der Waals surface area contributed by atoms with Gasteiger partial charge in [0, 0.05) is 38.8 Å². The first-order valence-corrected chi connectivity index (χ1v) is 10.0. The minimum absolute atomic E-state index is 0. The van der Waals surface area contributed by atoms with Gasteiger partial charge in [0.25, 0.3) is 0 Å². The Labute approximate surface area is 175 Å². The Bertz CT molecular complexity index is 587. The number of guanidine groups is 1. The molecule has 1 aliphatic heterocycles. The smallest absolute Gasteiger partial charge is 0.191 e. The van der Waals surface area contributed by atoms with Gasteiger partial charge in [-0.05, 0) is 55.9 Å². The third kappa shape index (κ3) is 5.35. The number of hydrogen-bond acceptors (Lipinski definition) is 2. The number of benzene rings is 1. The summed E-state index contributed by atoms with van der Waals surface area (Å²) in [6, 6.07) is 12.4. The number of nitrogens with one attached hydrogen (secondary N) is 2. The van der Waals surface area contributed by atoms with Gasteiger partial charge in [0.15, 0.2) is 5.96 Å². The van der Waals surface area contributed by atoms with Crippen LogP contribution in [0.1, 0.15) is 44.1 Å². The van der Waals surface area contributed by atoms with Crippen molar-refractivity contribution in [2.45, 2.75) is 57.0 Å². The van der Waals surface area contributed by atoms with Crippen LogP contribution >= 0.6 is 24.0 Å². The van der Waals surface area contributed by atoms with Crippen LogP contribution in [0.25, 0.3) is 0 Å². The van der Waals surface area contributed by atoms with E-state index in [1.807, 2.05) is 7.05 Å². The van der Waals surface area contributed by atoms with E-state index in [4.69, 9.17) is 0 Å². The number of halogens is 1. The largest absolute Gasteiger partial charge is 0.356 e. The number of nitrogens with zero attached hydrogens (tertiary/aromatic N) is 2. The van der Waals surface area contributed by atoms with Crippen molar-refractivity contribution in [3.05, 3.63) is 35.9 Å². The Kier molecular flexibility index (Phi) is 6.83. The molecule has 0 atom stereocenters. The molecule has 26 heavy (non-hydrogen) atoms. The molecule has 5 heteroatoms. The van der Waals surface area contributed by atoms with Gasteiger partial charge in [-0.3, -0.25) is 4.99 Å². The van der Waals surface area contributed by atoms with Gasteiger partial charge in [-0.1, -0.05) is 30.3 Å². The minimum atomic E-state index is 0. The summed E-state index contributed by atoms with van der Waals surface area (Å²) >= 11 is 0. The van der Waals surface area contributed by atoms with E-state index < -0.39 is 0 Å². The molecule has 3 aliphatic rings. The summed E-state index contributed by atoms with van der Waals surface area (Å²) < 4.78 is 0. The molecule has 0 aromatic heterocycles. The second-order valence-corrected chi connectivity index (χ2v) is 8.27. The van der Waals surface area contributed by atoms with Crippen molar-refractivity contribution in [3.63, 3.8) is 0 Å². The van der Waals surface area contributed by atoms with Gasteiger partial charge in [0.2, 0.25) is 0 Å². The van der Waals surface area contributed by atoms with Crippen molar-refractivity contribution in [1.29, 1.82) is 0 Å². The predicted molar refractivity (Wildman–Crippen MR) is 119 cm³/mol. The Morgan fingerprint density at radius 2 is 1.81 bits per heavy atom. The molecule has 2 saturated carbocycles. The monoisotopic (exact) mass is 468 g/mol. The van der Waals surface area contributed by atoms with Crippen LogP contribution in [0.4, 0.5) is 0 Å². The fourth-order valence-corrected chi connectivity index (χ4v) is 4.13. The molecule has 1 aromatic carbocycles. The van der Waals surface area contributed by atoms with E-state index in [1.165, 1.54) is 63.6 Å². The van der Waals surface area contributed by atoms with Crippen LogP contribution in [0.2, 0.25) is 0 Å². The van der Waals surface area contributed by atoms with Crippen LogP contribution in [-0.4, -0.2) is 49.6 Å². The topological polar surface area (TPSA) is 39.7 Å². The highest BCUT2D eigenvalue weighted by atomic mass is 127. The second kappa shape index (κ2) is 8.91. The zero-order chi connectivity index (χ0) is 17.1. The van der Waals surface area contributed by atoms with Crippen molar-refractivity contribution in [1.82, 2.24) is 15.5 Å². The molecular formula is C21H33IN4. The molecule has 0 bridgehead atoms. The number of likely N-dealkylation sites (tertiary alicyclic amines) is 1. The Morgan fingerprint density at radius 3 is 2.38 bits per heavy atom. The highest BCUT2D eigenvalue weighted by Crippen LogP contribution is 2.47. The SMILES string of the molecule is CN=C(NCC1(Cc2ccccc2)CC1)NC1CCN(C2CC2)CC1.I. The van der Waals surface area contributed by atoms with Crippen LogP contribution in [0.5, 0.6) is 0 Å². The normalized spacial score (nSPS) is 23.2. The molecule has 144 valence electrons. The lowest BCUT2D eigenvalue weighted by Crippen LogP contribution is -2.50. The Morgan fingerprint density at radius 1 is 1.12 bits per heavy atom.